The Morgan fingerprint density at radius 1 is 1.39 bits per heavy atom. The topological polar surface area (TPSA) is 92.9 Å². The van der Waals surface area contributed by atoms with Gasteiger partial charge in [0.2, 0.25) is 5.75 Å². The summed E-state index contributed by atoms with van der Waals surface area (Å²) in [6, 6.07) is 9.31. The fourth-order valence-corrected chi connectivity index (χ4v) is 4.04. The molecule has 0 aromatic heterocycles. The molecule has 1 fully saturated rings. The predicted molar refractivity (Wildman–Crippen MR) is 113 cm³/mol. The van der Waals surface area contributed by atoms with Gasteiger partial charge in [-0.05, 0) is 42.8 Å². The Balaban J connectivity index is 2.01. The number of carbonyl (C=O) groups excluding carboxylic acids is 1. The average Bonchev–Trinajstić information content (AvgIpc) is 2.91. The van der Waals surface area contributed by atoms with Crippen LogP contribution in [0, 0.1) is 10.1 Å². The maximum Gasteiger partial charge on any atom is 0.315 e. The number of thiocarbonyl (C=S) groups is 1. The predicted octanol–water partition coefficient (Wildman–Crippen LogP) is 4.76. The van der Waals surface area contributed by atoms with Gasteiger partial charge in [0.25, 0.3) is 5.91 Å². The van der Waals surface area contributed by atoms with Crippen LogP contribution in [0.4, 0.5) is 11.4 Å². The Morgan fingerprint density at radius 2 is 2.14 bits per heavy atom. The number of nitro benzene ring substituents is 1. The quantitative estimate of drug-likeness (QED) is 0.312. The van der Waals surface area contributed by atoms with Crippen LogP contribution in [0.1, 0.15) is 12.5 Å². The van der Waals surface area contributed by atoms with Crippen molar-refractivity contribution in [3.63, 3.8) is 0 Å². The van der Waals surface area contributed by atoms with Gasteiger partial charge < -0.3 is 9.84 Å². The van der Waals surface area contributed by atoms with E-state index < -0.39 is 16.4 Å². The Bertz CT molecular complexity index is 1030. The van der Waals surface area contributed by atoms with E-state index in [1.54, 1.807) is 31.2 Å². The second-order valence-electron chi connectivity index (χ2n) is 5.57. The normalized spacial score (nSPS) is 15.4. The summed E-state index contributed by atoms with van der Waals surface area (Å²) in [7, 11) is 0. The molecule has 1 amide bonds. The third-order valence-corrected chi connectivity index (χ3v) is 5.27. The number of nitro groups is 1. The number of halogens is 1. The van der Waals surface area contributed by atoms with Crippen molar-refractivity contribution in [3.05, 3.63) is 62.0 Å². The lowest BCUT2D eigenvalue weighted by atomic mass is 10.1. The van der Waals surface area contributed by atoms with Gasteiger partial charge in [0.05, 0.1) is 22.1 Å². The number of benzene rings is 2. The molecule has 0 spiro atoms. The molecular weight excluding hydrogens is 424 g/mol. The van der Waals surface area contributed by atoms with E-state index in [4.69, 9.17) is 28.6 Å². The van der Waals surface area contributed by atoms with Crippen LogP contribution in [-0.4, -0.2) is 26.9 Å². The molecule has 0 bridgehead atoms. The van der Waals surface area contributed by atoms with Crippen molar-refractivity contribution in [2.45, 2.75) is 6.92 Å². The second-order valence-corrected chi connectivity index (χ2v) is 7.69. The van der Waals surface area contributed by atoms with Gasteiger partial charge in [-0.25, -0.2) is 0 Å². The summed E-state index contributed by atoms with van der Waals surface area (Å²) in [5.74, 6) is -0.963. The third kappa shape index (κ3) is 3.96. The zero-order valence-corrected chi connectivity index (χ0v) is 16.8. The molecule has 7 nitrogen and oxygen atoms in total. The summed E-state index contributed by atoms with van der Waals surface area (Å²) < 4.78 is 5.57. The summed E-state index contributed by atoms with van der Waals surface area (Å²) >= 11 is 12.4. The Labute approximate surface area is 174 Å². The third-order valence-electron chi connectivity index (χ3n) is 3.73. The Hall–Kier alpha value is -2.62. The number of anilines is 1. The van der Waals surface area contributed by atoms with Crippen molar-refractivity contribution < 1.29 is 19.6 Å². The highest BCUT2D eigenvalue weighted by Crippen LogP contribution is 2.40. The highest BCUT2D eigenvalue weighted by atomic mass is 35.5. The van der Waals surface area contributed by atoms with E-state index in [2.05, 4.69) is 0 Å². The lowest BCUT2D eigenvalue weighted by Gasteiger charge is -2.14. The van der Waals surface area contributed by atoms with Crippen LogP contribution in [0.15, 0.2) is 41.3 Å². The van der Waals surface area contributed by atoms with Crippen LogP contribution < -0.4 is 9.64 Å². The molecule has 2 aromatic carbocycles. The van der Waals surface area contributed by atoms with Crippen molar-refractivity contribution >= 4 is 63.3 Å². The summed E-state index contributed by atoms with van der Waals surface area (Å²) in [6.07, 6.45) is 1.47. The number of rotatable bonds is 5. The van der Waals surface area contributed by atoms with E-state index in [9.17, 15) is 20.0 Å². The SMILES string of the molecule is CCOc1cc(/C=C2/SC(=S)N(c3cccc(Cl)c3)C2=O)cc([N+](=O)[O-])c1O. The van der Waals surface area contributed by atoms with Gasteiger partial charge >= 0.3 is 5.69 Å². The highest BCUT2D eigenvalue weighted by molar-refractivity contribution is 8.27. The monoisotopic (exact) mass is 436 g/mol. The largest absolute Gasteiger partial charge is 0.500 e. The first-order valence-electron chi connectivity index (χ1n) is 7.99. The molecule has 1 heterocycles. The lowest BCUT2D eigenvalue weighted by Crippen LogP contribution is -2.27. The average molecular weight is 437 g/mol. The maximum absolute atomic E-state index is 12.8. The first-order valence-corrected chi connectivity index (χ1v) is 9.59. The molecule has 0 aliphatic carbocycles. The van der Waals surface area contributed by atoms with Gasteiger partial charge in [-0.1, -0.05) is 41.6 Å². The molecule has 3 rings (SSSR count). The minimum atomic E-state index is -0.716. The number of aromatic hydroxyl groups is 1. The molecule has 1 aliphatic heterocycles. The van der Waals surface area contributed by atoms with Crippen molar-refractivity contribution in [2.75, 3.05) is 11.5 Å². The van der Waals surface area contributed by atoms with Crippen LogP contribution >= 0.6 is 35.6 Å². The Morgan fingerprint density at radius 3 is 2.79 bits per heavy atom. The summed E-state index contributed by atoms with van der Waals surface area (Å²) in [5, 5.41) is 21.7. The number of phenolic OH excluding ortho intramolecular Hbond substituents is 1. The molecule has 2 aromatic rings. The molecule has 0 atom stereocenters. The van der Waals surface area contributed by atoms with E-state index in [-0.39, 0.29) is 23.2 Å². The van der Waals surface area contributed by atoms with Gasteiger partial charge in [0.15, 0.2) is 10.1 Å². The minimum Gasteiger partial charge on any atom is -0.500 e. The molecular formula is C18H13ClN2O5S2. The van der Waals surface area contributed by atoms with Crippen LogP contribution in [0.25, 0.3) is 6.08 Å². The number of carbonyl (C=O) groups is 1. The molecule has 1 N–H and O–H groups in total. The fourth-order valence-electron chi connectivity index (χ4n) is 2.56. The second kappa shape index (κ2) is 8.17. The van der Waals surface area contributed by atoms with E-state index in [0.717, 1.165) is 11.8 Å². The van der Waals surface area contributed by atoms with Gasteiger partial charge in [-0.3, -0.25) is 19.8 Å². The van der Waals surface area contributed by atoms with Gasteiger partial charge in [0, 0.05) is 11.1 Å². The van der Waals surface area contributed by atoms with Crippen LogP contribution in [-0.2, 0) is 4.79 Å². The van der Waals surface area contributed by atoms with Crippen molar-refractivity contribution in [2.24, 2.45) is 0 Å². The van der Waals surface area contributed by atoms with Crippen molar-refractivity contribution in [3.8, 4) is 11.5 Å². The number of amides is 1. The van der Waals surface area contributed by atoms with Crippen LogP contribution in [0.2, 0.25) is 5.02 Å². The highest BCUT2D eigenvalue weighted by Gasteiger charge is 2.33. The number of hydrogen-bond donors (Lipinski definition) is 1. The van der Waals surface area contributed by atoms with E-state index >= 15 is 0 Å². The summed E-state index contributed by atoms with van der Waals surface area (Å²) in [4.78, 5) is 24.9. The van der Waals surface area contributed by atoms with Crippen LogP contribution in [0.3, 0.4) is 0 Å². The smallest absolute Gasteiger partial charge is 0.315 e. The molecule has 0 saturated carbocycles. The van der Waals surface area contributed by atoms with Crippen molar-refractivity contribution in [1.82, 2.24) is 0 Å². The lowest BCUT2D eigenvalue weighted by molar-refractivity contribution is -0.386. The molecule has 0 radical (unpaired) electrons. The summed E-state index contributed by atoms with van der Waals surface area (Å²) in [5.41, 5.74) is 0.354. The van der Waals surface area contributed by atoms with Crippen molar-refractivity contribution in [1.29, 1.82) is 0 Å². The number of ether oxygens (including phenoxy) is 1. The molecule has 1 aliphatic rings. The molecule has 144 valence electrons. The van der Waals surface area contributed by atoms with Gasteiger partial charge in [-0.15, -0.1) is 0 Å². The molecule has 1 saturated heterocycles. The van der Waals surface area contributed by atoms with E-state index in [1.807, 2.05) is 0 Å². The first kappa shape index (κ1) is 20.1. The number of phenols is 1. The zero-order valence-electron chi connectivity index (χ0n) is 14.4. The number of hydrogen-bond acceptors (Lipinski definition) is 7. The standard InChI is InChI=1S/C18H13ClN2O5S2/c1-2-26-14-7-10(6-13(16(14)22)21(24)25)8-15-17(23)20(18(27)28-15)12-5-3-4-11(19)9-12/h3-9,22H,2H2,1H3/b15-8+. The zero-order chi connectivity index (χ0) is 20.4. The maximum atomic E-state index is 12.8. The van der Waals surface area contributed by atoms with Gasteiger partial charge in [-0.2, -0.15) is 0 Å². The van der Waals surface area contributed by atoms with E-state index in [0.29, 0.717) is 20.6 Å². The van der Waals surface area contributed by atoms with Crippen LogP contribution in [0.5, 0.6) is 11.5 Å². The molecule has 10 heteroatoms. The number of nitrogens with zero attached hydrogens (tertiary/aromatic N) is 2. The first-order chi connectivity index (χ1) is 13.3. The molecule has 28 heavy (non-hydrogen) atoms. The summed E-state index contributed by atoms with van der Waals surface area (Å²) in [6.45, 7) is 1.90. The number of thioether (sulfide) groups is 1. The Kier molecular flexibility index (Phi) is 5.87. The molecule has 0 unspecified atom stereocenters. The minimum absolute atomic E-state index is 0.0340. The fraction of sp³-hybridized carbons (Fsp3) is 0.111. The van der Waals surface area contributed by atoms with E-state index in [1.165, 1.54) is 23.1 Å². The van der Waals surface area contributed by atoms with Gasteiger partial charge in [0.1, 0.15) is 0 Å².